The summed E-state index contributed by atoms with van der Waals surface area (Å²) < 4.78 is 5.68. The molecule has 17 rings (SSSR count). The van der Waals surface area contributed by atoms with Gasteiger partial charge in [0.25, 0.3) is 44.5 Å². The van der Waals surface area contributed by atoms with Crippen molar-refractivity contribution in [2.24, 2.45) is 23.7 Å². The molecular weight excluding hydrogens is 1440 g/mol. The number of aromatic amines is 2. The van der Waals surface area contributed by atoms with Crippen LogP contribution in [0.5, 0.6) is 0 Å². The van der Waals surface area contributed by atoms with E-state index in [-0.39, 0.29) is 92.9 Å². The van der Waals surface area contributed by atoms with Gasteiger partial charge in [0.15, 0.2) is 0 Å². The van der Waals surface area contributed by atoms with Crippen LogP contribution in [0.3, 0.4) is 0 Å². The summed E-state index contributed by atoms with van der Waals surface area (Å²) in [5, 5.41) is 6.27. The summed E-state index contributed by atoms with van der Waals surface area (Å²) in [6.07, 6.45) is 14.1. The number of hydrogen-bond donors (Lipinski definition) is 2. The molecule has 16 heteroatoms. The van der Waals surface area contributed by atoms with Crippen LogP contribution in [-0.4, -0.2) is 38.2 Å². The Morgan fingerprint density at radius 2 is 0.431 bits per heavy atom. The summed E-state index contributed by atoms with van der Waals surface area (Å²) in [7, 11) is 0. The second-order valence-corrected chi connectivity index (χ2v) is 32.7. The normalized spacial score (nSPS) is 13.3. The molecule has 0 radical (unpaired) electrons. The average molecular weight is 1540 g/mol. The number of unbranched alkanes of at least 4 members (excludes halogenated alkanes) is 4. The number of fused-ring (bicyclic) bond motifs is 4. The van der Waals surface area contributed by atoms with Crippen LogP contribution < -0.4 is 44.5 Å². The fourth-order valence-corrected chi connectivity index (χ4v) is 18.9. The molecule has 116 heavy (non-hydrogen) atoms. The maximum absolute atomic E-state index is 15.6. The highest BCUT2D eigenvalue weighted by Gasteiger charge is 2.31. The third-order valence-electron chi connectivity index (χ3n) is 25.6. The lowest BCUT2D eigenvalue weighted by atomic mass is 9.97. The number of aromatic nitrogens is 8. The average Bonchev–Trinajstić information content (AvgIpc) is 1.54. The second-order valence-electron chi connectivity index (χ2n) is 32.7. The molecule has 0 fully saturated rings. The SMILES string of the molecule is CCCCC(CC)Cn1c(=O)c2cc3c4nc(c(-c5ccccc5)c5[nH]c(c(-c6ccccc6)c6nc(c(-c7ccccc7)c7[nH]c(c4-c4ccccc4)c4cc8c(=O)n(CC(CC)CCCC)c(=O)c8cc74)c4cc7c(=O)n(CC(CC)CCCC)c(=O)c7cc64)c4cc6c(=O)n(CC(CC)CCCC)c(=O)c6cc54)c3cc2c1=O. The molecule has 0 aliphatic carbocycles. The number of rotatable bonds is 28. The Hall–Kier alpha value is -12.0. The van der Waals surface area contributed by atoms with Crippen LogP contribution in [0.2, 0.25) is 0 Å². The van der Waals surface area contributed by atoms with Crippen molar-refractivity contribution in [3.05, 3.63) is 253 Å². The lowest BCUT2D eigenvalue weighted by Crippen LogP contribution is -2.28. The van der Waals surface area contributed by atoms with Crippen molar-refractivity contribution in [2.45, 2.75) is 184 Å². The Labute approximate surface area is 669 Å². The van der Waals surface area contributed by atoms with Gasteiger partial charge < -0.3 is 9.97 Å². The Kier molecular flexibility index (Phi) is 20.9. The molecule has 8 aromatic heterocycles. The highest BCUT2D eigenvalue weighted by molar-refractivity contribution is 6.30. The van der Waals surface area contributed by atoms with Gasteiger partial charge in [-0.25, -0.2) is 9.97 Å². The summed E-state index contributed by atoms with van der Waals surface area (Å²) in [6, 6.07) is 54.2. The van der Waals surface area contributed by atoms with Gasteiger partial charge in [0.1, 0.15) is 0 Å². The Morgan fingerprint density at radius 3 is 0.603 bits per heavy atom. The van der Waals surface area contributed by atoms with Gasteiger partial charge in [-0.1, -0.05) is 254 Å². The van der Waals surface area contributed by atoms with E-state index in [1.165, 1.54) is 18.3 Å². The van der Waals surface area contributed by atoms with E-state index in [1.54, 1.807) is 0 Å². The Balaban J connectivity index is 1.19. The smallest absolute Gasteiger partial charge is 0.261 e. The van der Waals surface area contributed by atoms with Gasteiger partial charge >= 0.3 is 0 Å². The molecule has 4 unspecified atom stereocenters. The summed E-state index contributed by atoms with van der Waals surface area (Å²) in [4.78, 5) is 145. The van der Waals surface area contributed by atoms with Crippen LogP contribution in [-0.2, 0) is 26.2 Å². The first-order chi connectivity index (χ1) is 56.5. The molecule has 2 N–H and O–H groups in total. The van der Waals surface area contributed by atoms with Crippen molar-refractivity contribution in [3.8, 4) is 44.5 Å². The van der Waals surface area contributed by atoms with E-state index in [0.29, 0.717) is 132 Å². The van der Waals surface area contributed by atoms with E-state index in [2.05, 4.69) is 65.4 Å². The lowest BCUT2D eigenvalue weighted by Gasteiger charge is -2.13. The maximum atomic E-state index is 15.6. The van der Waals surface area contributed by atoms with Gasteiger partial charge in [-0.2, -0.15) is 0 Å². The summed E-state index contributed by atoms with van der Waals surface area (Å²) >= 11 is 0. The van der Waals surface area contributed by atoms with E-state index in [9.17, 15) is 0 Å². The molecule has 0 spiro atoms. The third-order valence-corrected chi connectivity index (χ3v) is 25.6. The number of benzene rings is 8. The molecule has 9 aromatic carbocycles. The predicted octanol–water partition coefficient (Wildman–Crippen LogP) is 21.5. The van der Waals surface area contributed by atoms with Crippen molar-refractivity contribution in [1.29, 1.82) is 0 Å². The van der Waals surface area contributed by atoms with Gasteiger partial charge in [-0.3, -0.25) is 56.6 Å². The van der Waals surface area contributed by atoms with Gasteiger partial charge in [0.2, 0.25) is 0 Å². The van der Waals surface area contributed by atoms with E-state index >= 15 is 38.4 Å². The van der Waals surface area contributed by atoms with Crippen LogP contribution in [0.1, 0.15) is 158 Å². The molecule has 0 aliphatic rings. The predicted molar refractivity (Wildman–Crippen MR) is 480 cm³/mol. The van der Waals surface area contributed by atoms with Crippen LogP contribution >= 0.6 is 0 Å². The fourth-order valence-electron chi connectivity index (χ4n) is 18.9. The minimum atomic E-state index is -0.405. The van der Waals surface area contributed by atoms with E-state index in [1.807, 2.05) is 170 Å². The molecule has 8 heterocycles. The van der Waals surface area contributed by atoms with Gasteiger partial charge in [0.05, 0.1) is 87.2 Å². The van der Waals surface area contributed by atoms with Crippen LogP contribution in [0.15, 0.2) is 208 Å². The Bertz CT molecular complexity index is 6120. The first kappa shape index (κ1) is 76.6. The highest BCUT2D eigenvalue weighted by atomic mass is 16.2. The molecular formula is C100H98N8O8. The molecule has 17 aromatic rings. The van der Waals surface area contributed by atoms with Gasteiger partial charge in [-0.15, -0.1) is 0 Å². The Morgan fingerprint density at radius 1 is 0.250 bits per heavy atom. The van der Waals surface area contributed by atoms with Crippen LogP contribution in [0.4, 0.5) is 0 Å². The number of H-pyrrole nitrogens is 2. The third kappa shape index (κ3) is 12.9. The van der Waals surface area contributed by atoms with Crippen molar-refractivity contribution >= 4 is 130 Å². The second kappa shape index (κ2) is 31.6. The van der Waals surface area contributed by atoms with E-state index < -0.39 is 44.5 Å². The topological polar surface area (TPSA) is 214 Å². The molecule has 0 amide bonds. The van der Waals surface area contributed by atoms with Crippen molar-refractivity contribution < 1.29 is 0 Å². The molecule has 16 nitrogen and oxygen atoms in total. The maximum Gasteiger partial charge on any atom is 0.261 e. The van der Waals surface area contributed by atoms with Crippen molar-refractivity contribution in [1.82, 2.24) is 38.2 Å². The quantitative estimate of drug-likeness (QED) is 0.0473. The van der Waals surface area contributed by atoms with Crippen LogP contribution in [0, 0.1) is 23.7 Å². The molecule has 4 atom stereocenters. The van der Waals surface area contributed by atoms with E-state index in [4.69, 9.17) is 9.97 Å². The first-order valence-electron chi connectivity index (χ1n) is 42.4. The molecule has 0 saturated heterocycles. The molecule has 586 valence electrons. The summed E-state index contributed by atoms with van der Waals surface area (Å²) in [5.74, 6) is 0.237. The zero-order chi connectivity index (χ0) is 80.5. The zero-order valence-electron chi connectivity index (χ0n) is 67.6. The van der Waals surface area contributed by atoms with E-state index in [0.717, 1.165) is 103 Å². The number of nitrogens with zero attached hydrogens (tertiary/aromatic N) is 6. The molecule has 8 bridgehead atoms. The number of nitrogens with one attached hydrogen (secondary N) is 2. The number of hydrogen-bond acceptors (Lipinski definition) is 10. The largest absolute Gasteiger partial charge is 0.353 e. The van der Waals surface area contributed by atoms with Crippen LogP contribution in [0.25, 0.3) is 175 Å². The molecule has 0 aliphatic heterocycles. The van der Waals surface area contributed by atoms with Gasteiger partial charge in [0, 0.05) is 91.5 Å². The van der Waals surface area contributed by atoms with Crippen molar-refractivity contribution in [2.75, 3.05) is 0 Å². The lowest BCUT2D eigenvalue weighted by molar-refractivity contribution is 0.384. The zero-order valence-corrected chi connectivity index (χ0v) is 67.6. The van der Waals surface area contributed by atoms with Gasteiger partial charge in [-0.05, 0) is 120 Å². The highest BCUT2D eigenvalue weighted by Crippen LogP contribution is 2.49. The standard InChI is InChI=1S/C100H98N8O8/c1-9-17-33-57(13-5)53-105-93(109)73-45-65-66(46-74(73)94(105)110)86-82(62-39-27-22-28-40-62)88-68-48-76-78(98(114)107(96(76)112)55-59(15-7)35-19-11-3)50-70(68)90(103-88)84(64-43-31-24-32-44-64)92-72-52-80-79(99(115)108(100(80)116)56-60(16-8)36-20-12-4)51-71(72)91(104-92)83(63-41-29-23-30-42-63)89-69-49-77-75(95(111)106(97(77)113)54-58(14-6)34-18-10-2)47-67(69)87(102-89)81(85(65)101-86)61-37-25-21-26-38-61/h21-32,37-52,57-60,101,104H,9-20,33-36,53-56H2,1-8H3. The minimum absolute atomic E-state index is 0.0591. The monoisotopic (exact) mass is 1540 g/mol. The summed E-state index contributed by atoms with van der Waals surface area (Å²) in [5.41, 5.74) is 5.44. The molecule has 0 saturated carbocycles. The minimum Gasteiger partial charge on any atom is -0.353 e. The first-order valence-corrected chi connectivity index (χ1v) is 42.4. The fraction of sp³-hybridized carbons (Fsp3) is 0.320. The summed E-state index contributed by atoms with van der Waals surface area (Å²) in [6.45, 7) is 18.0. The van der Waals surface area contributed by atoms with Crippen molar-refractivity contribution in [3.63, 3.8) is 0 Å².